The quantitative estimate of drug-likeness (QED) is 0.638. The predicted molar refractivity (Wildman–Crippen MR) is 69.8 cm³/mol. The molecule has 2 aromatic heterocycles. The molecular formula is C11H9F3N2O2S2. The Hall–Kier alpha value is -1.35. The first kappa shape index (κ1) is 15.0. The minimum Gasteiger partial charge on any atom is -0.465 e. The number of carbonyl (C=O) groups excluding carboxylic acids is 1. The Morgan fingerprint density at radius 3 is 2.90 bits per heavy atom. The molecule has 9 heteroatoms. The van der Waals surface area contributed by atoms with Crippen LogP contribution in [0.3, 0.4) is 0 Å². The van der Waals surface area contributed by atoms with Gasteiger partial charge in [-0.05, 0) is 13.0 Å². The lowest BCUT2D eigenvalue weighted by molar-refractivity contribution is -0.140. The third kappa shape index (κ3) is 3.60. The number of aromatic nitrogens is 2. The summed E-state index contributed by atoms with van der Waals surface area (Å²) in [5.41, 5.74) is -0.565. The van der Waals surface area contributed by atoms with Gasteiger partial charge in [-0.15, -0.1) is 11.3 Å². The normalized spacial score (nSPS) is 11.8. The molecule has 0 N–H and O–H groups in total. The number of ether oxygens (including phenoxy) is 1. The molecular weight excluding hydrogens is 313 g/mol. The van der Waals surface area contributed by atoms with Crippen LogP contribution in [0.2, 0.25) is 0 Å². The third-order valence-corrected chi connectivity index (χ3v) is 4.28. The van der Waals surface area contributed by atoms with Crippen molar-refractivity contribution in [3.63, 3.8) is 0 Å². The number of halogens is 3. The number of thiazole rings is 1. The highest BCUT2D eigenvalue weighted by Gasteiger charge is 2.31. The number of thioether (sulfide) groups is 1. The minimum absolute atomic E-state index is 0.0692. The first-order valence-electron chi connectivity index (χ1n) is 5.52. The van der Waals surface area contributed by atoms with E-state index in [-0.39, 0.29) is 24.0 Å². The first-order valence-corrected chi connectivity index (χ1v) is 7.32. The number of fused-ring (bicyclic) bond motifs is 1. The van der Waals surface area contributed by atoms with Crippen molar-refractivity contribution in [2.75, 3.05) is 12.4 Å². The zero-order chi connectivity index (χ0) is 14.8. The summed E-state index contributed by atoms with van der Waals surface area (Å²) in [4.78, 5) is 18.9. The summed E-state index contributed by atoms with van der Waals surface area (Å²) >= 11 is 2.19. The number of hydrogen-bond donors (Lipinski definition) is 0. The van der Waals surface area contributed by atoms with Crippen molar-refractivity contribution < 1.29 is 22.7 Å². The number of nitrogens with zero attached hydrogens (tertiary/aromatic N) is 2. The molecule has 0 aliphatic rings. The summed E-state index contributed by atoms with van der Waals surface area (Å²) in [6, 6.07) is 1.01. The lowest BCUT2D eigenvalue weighted by Crippen LogP contribution is -2.06. The highest BCUT2D eigenvalue weighted by Crippen LogP contribution is 2.34. The first-order chi connectivity index (χ1) is 9.40. The minimum atomic E-state index is -4.43. The number of esters is 1. The molecule has 20 heavy (non-hydrogen) atoms. The van der Waals surface area contributed by atoms with Crippen molar-refractivity contribution in [1.82, 2.24) is 9.97 Å². The Morgan fingerprint density at radius 1 is 1.50 bits per heavy atom. The van der Waals surface area contributed by atoms with Crippen LogP contribution in [0.5, 0.6) is 0 Å². The van der Waals surface area contributed by atoms with Gasteiger partial charge in [-0.2, -0.15) is 13.2 Å². The van der Waals surface area contributed by atoms with Gasteiger partial charge in [-0.1, -0.05) is 11.8 Å². The van der Waals surface area contributed by atoms with Crippen molar-refractivity contribution in [3.05, 3.63) is 17.8 Å². The predicted octanol–water partition coefficient (Wildman–Crippen LogP) is 3.37. The van der Waals surface area contributed by atoms with Gasteiger partial charge in [0.15, 0.2) is 9.99 Å². The van der Waals surface area contributed by atoms with Crippen molar-refractivity contribution in [2.24, 2.45) is 0 Å². The maximum Gasteiger partial charge on any atom is 0.417 e. The molecule has 0 unspecified atom stereocenters. The average Bonchev–Trinajstić information content (AvgIpc) is 2.77. The van der Waals surface area contributed by atoms with Gasteiger partial charge in [0.05, 0.1) is 22.6 Å². The monoisotopic (exact) mass is 322 g/mol. The van der Waals surface area contributed by atoms with E-state index >= 15 is 0 Å². The van der Waals surface area contributed by atoms with Gasteiger partial charge in [0, 0.05) is 6.20 Å². The van der Waals surface area contributed by atoms with E-state index in [4.69, 9.17) is 4.74 Å². The third-order valence-electron chi connectivity index (χ3n) is 2.17. The molecule has 0 fully saturated rings. The van der Waals surface area contributed by atoms with Gasteiger partial charge in [-0.25, -0.2) is 9.97 Å². The lowest BCUT2D eigenvalue weighted by atomic mass is 10.3. The maximum atomic E-state index is 12.5. The molecule has 0 aliphatic heterocycles. The number of alkyl halides is 3. The topological polar surface area (TPSA) is 52.1 Å². The second-order valence-electron chi connectivity index (χ2n) is 3.62. The number of hydrogen-bond acceptors (Lipinski definition) is 6. The summed E-state index contributed by atoms with van der Waals surface area (Å²) in [7, 11) is 0. The Bertz CT molecular complexity index is 628. The Morgan fingerprint density at radius 2 is 2.25 bits per heavy atom. The molecule has 2 heterocycles. The van der Waals surface area contributed by atoms with E-state index in [1.54, 1.807) is 6.92 Å². The van der Waals surface area contributed by atoms with Crippen LogP contribution in [0.4, 0.5) is 13.2 Å². The fourth-order valence-corrected chi connectivity index (χ4v) is 3.19. The van der Waals surface area contributed by atoms with E-state index in [2.05, 4.69) is 9.97 Å². The van der Waals surface area contributed by atoms with Gasteiger partial charge >= 0.3 is 12.1 Å². The van der Waals surface area contributed by atoms with E-state index in [9.17, 15) is 18.0 Å². The van der Waals surface area contributed by atoms with Crippen molar-refractivity contribution in [2.45, 2.75) is 17.4 Å². The largest absolute Gasteiger partial charge is 0.465 e. The number of rotatable bonds is 4. The molecule has 2 aromatic rings. The zero-order valence-electron chi connectivity index (χ0n) is 10.2. The van der Waals surface area contributed by atoms with Crippen LogP contribution in [0.1, 0.15) is 12.5 Å². The standard InChI is InChI=1S/C11H9F3N2O2S2/c1-2-18-8(17)5-19-10-16-9-7(20-10)3-6(4-15-9)11(12,13)14/h3-4H,2,5H2,1H3. The summed E-state index contributed by atoms with van der Waals surface area (Å²) in [6.45, 7) is 1.98. The summed E-state index contributed by atoms with van der Waals surface area (Å²) in [5, 5.41) is 0. The second-order valence-corrected chi connectivity index (χ2v) is 5.87. The molecule has 0 saturated heterocycles. The van der Waals surface area contributed by atoms with Gasteiger partial charge in [0.1, 0.15) is 0 Å². The van der Waals surface area contributed by atoms with E-state index in [0.717, 1.165) is 35.4 Å². The molecule has 0 amide bonds. The van der Waals surface area contributed by atoms with E-state index in [1.807, 2.05) is 0 Å². The van der Waals surface area contributed by atoms with Crippen LogP contribution in [-0.2, 0) is 15.7 Å². The smallest absolute Gasteiger partial charge is 0.417 e. The highest BCUT2D eigenvalue weighted by molar-refractivity contribution is 8.01. The molecule has 0 spiro atoms. The molecule has 0 radical (unpaired) electrons. The zero-order valence-corrected chi connectivity index (χ0v) is 11.9. The summed E-state index contributed by atoms with van der Waals surface area (Å²) < 4.78 is 43.2. The Labute approximate surface area is 120 Å². The van der Waals surface area contributed by atoms with E-state index in [1.165, 1.54) is 0 Å². The van der Waals surface area contributed by atoms with Crippen LogP contribution in [0.25, 0.3) is 10.3 Å². The van der Waals surface area contributed by atoms with Gasteiger partial charge in [0.2, 0.25) is 0 Å². The molecule has 0 aliphatic carbocycles. The molecule has 0 aromatic carbocycles. The maximum absolute atomic E-state index is 12.5. The lowest BCUT2D eigenvalue weighted by Gasteiger charge is -2.04. The van der Waals surface area contributed by atoms with Crippen molar-refractivity contribution in [1.29, 1.82) is 0 Å². The van der Waals surface area contributed by atoms with Gasteiger partial charge in [-0.3, -0.25) is 4.79 Å². The highest BCUT2D eigenvalue weighted by atomic mass is 32.2. The van der Waals surface area contributed by atoms with Gasteiger partial charge in [0.25, 0.3) is 0 Å². The fourth-order valence-electron chi connectivity index (χ4n) is 1.34. The molecule has 108 valence electrons. The Kier molecular flexibility index (Phi) is 4.48. The van der Waals surface area contributed by atoms with Crippen LogP contribution < -0.4 is 0 Å². The van der Waals surface area contributed by atoms with Gasteiger partial charge < -0.3 is 4.74 Å². The van der Waals surface area contributed by atoms with Crippen LogP contribution in [0.15, 0.2) is 16.6 Å². The SMILES string of the molecule is CCOC(=O)CSc1nc2ncc(C(F)(F)F)cc2s1. The van der Waals surface area contributed by atoms with Crippen LogP contribution in [-0.4, -0.2) is 28.3 Å². The van der Waals surface area contributed by atoms with Crippen molar-refractivity contribution >= 4 is 39.4 Å². The second kappa shape index (κ2) is 5.96. The summed E-state index contributed by atoms with van der Waals surface area (Å²) in [5.74, 6) is -0.319. The van der Waals surface area contributed by atoms with E-state index < -0.39 is 11.7 Å². The average molecular weight is 322 g/mol. The van der Waals surface area contributed by atoms with E-state index in [0.29, 0.717) is 9.04 Å². The molecule has 0 saturated carbocycles. The fraction of sp³-hybridized carbons (Fsp3) is 0.364. The molecule has 4 nitrogen and oxygen atoms in total. The van der Waals surface area contributed by atoms with Crippen LogP contribution in [0, 0.1) is 0 Å². The molecule has 0 atom stereocenters. The summed E-state index contributed by atoms with van der Waals surface area (Å²) in [6.07, 6.45) is -3.68. The molecule has 2 rings (SSSR count). The number of carbonyl (C=O) groups is 1. The van der Waals surface area contributed by atoms with Crippen molar-refractivity contribution in [3.8, 4) is 0 Å². The number of pyridine rings is 1. The Balaban J connectivity index is 2.15. The molecule has 0 bridgehead atoms. The van der Waals surface area contributed by atoms with Crippen LogP contribution >= 0.6 is 23.1 Å².